The fourth-order valence-electron chi connectivity index (χ4n) is 6.52. The number of hydrogen-bond acceptors (Lipinski definition) is 9. The van der Waals surface area contributed by atoms with E-state index in [-0.39, 0.29) is 46.3 Å². The highest BCUT2D eigenvalue weighted by Gasteiger charge is 2.46. The van der Waals surface area contributed by atoms with Crippen molar-refractivity contribution in [3.63, 3.8) is 0 Å². The summed E-state index contributed by atoms with van der Waals surface area (Å²) in [4.78, 5) is 28.4. The Balaban J connectivity index is 1.27. The standard InChI is InChI=1S/C29H28FN9O3S/c1-15-3-4-16(11-22(15)30)23-8-5-17(12-32-23)21-13-35-39-26(31)25(43(2,41)42)24(36-28(21)39)18-9-19-6-7-20(10-18)38(19)29(40)27-33-14-34-37-27/h3-5,8,11-14,18-20H,6-7,9-10,31H2,1-2H3,(H,33,34,37)/t18?,19-,20?/m0/s1. The molecular weight excluding hydrogens is 573 g/mol. The van der Waals surface area contributed by atoms with E-state index in [1.807, 2.05) is 17.0 Å². The number of hydrogen-bond donors (Lipinski definition) is 2. The molecule has 3 atom stereocenters. The van der Waals surface area contributed by atoms with Gasteiger partial charge in [0.25, 0.3) is 5.91 Å². The molecule has 43 heavy (non-hydrogen) atoms. The lowest BCUT2D eigenvalue weighted by atomic mass is 9.87. The van der Waals surface area contributed by atoms with Gasteiger partial charge >= 0.3 is 0 Å². The summed E-state index contributed by atoms with van der Waals surface area (Å²) in [6.07, 6.45) is 8.33. The second kappa shape index (κ2) is 9.93. The van der Waals surface area contributed by atoms with E-state index in [9.17, 15) is 17.6 Å². The summed E-state index contributed by atoms with van der Waals surface area (Å²) in [6.45, 7) is 1.70. The van der Waals surface area contributed by atoms with Crippen molar-refractivity contribution >= 4 is 27.2 Å². The molecule has 2 aliphatic heterocycles. The number of carbonyl (C=O) groups excluding carboxylic acids is 1. The molecule has 0 spiro atoms. The molecule has 1 amide bonds. The van der Waals surface area contributed by atoms with Crippen molar-refractivity contribution in [3.05, 3.63) is 72.0 Å². The van der Waals surface area contributed by atoms with Gasteiger partial charge in [0.15, 0.2) is 15.5 Å². The van der Waals surface area contributed by atoms with E-state index in [1.54, 1.807) is 31.5 Å². The van der Waals surface area contributed by atoms with E-state index >= 15 is 0 Å². The molecule has 0 saturated carbocycles. The van der Waals surface area contributed by atoms with E-state index in [1.165, 1.54) is 16.9 Å². The summed E-state index contributed by atoms with van der Waals surface area (Å²) >= 11 is 0. The highest BCUT2D eigenvalue weighted by molar-refractivity contribution is 7.91. The van der Waals surface area contributed by atoms with Crippen molar-refractivity contribution in [1.29, 1.82) is 0 Å². The Bertz CT molecular complexity index is 1980. The molecule has 2 aliphatic rings. The Kier molecular flexibility index (Phi) is 6.27. The van der Waals surface area contributed by atoms with E-state index < -0.39 is 9.84 Å². The second-order valence-corrected chi connectivity index (χ2v) is 13.2. The van der Waals surface area contributed by atoms with Crippen LogP contribution < -0.4 is 5.73 Å². The number of H-pyrrole nitrogens is 1. The van der Waals surface area contributed by atoms with Gasteiger partial charge in [0.1, 0.15) is 22.9 Å². The fraction of sp³-hybridized carbons (Fsp3) is 0.310. The number of amides is 1. The number of nitrogen functional groups attached to an aromatic ring is 1. The highest BCUT2D eigenvalue weighted by atomic mass is 32.2. The number of piperidine rings is 1. The van der Waals surface area contributed by atoms with Crippen molar-refractivity contribution in [3.8, 4) is 22.4 Å². The van der Waals surface area contributed by atoms with Crippen LogP contribution in [0.5, 0.6) is 0 Å². The van der Waals surface area contributed by atoms with Gasteiger partial charge in [-0.1, -0.05) is 18.2 Å². The predicted molar refractivity (Wildman–Crippen MR) is 155 cm³/mol. The van der Waals surface area contributed by atoms with Crippen LogP contribution in [0.1, 0.15) is 53.5 Å². The molecule has 1 aromatic carbocycles. The Hall–Kier alpha value is -4.72. The number of nitrogens with zero attached hydrogens (tertiary/aromatic N) is 7. The summed E-state index contributed by atoms with van der Waals surface area (Å²) in [5.74, 6) is -0.584. The van der Waals surface area contributed by atoms with Crippen molar-refractivity contribution in [2.75, 3.05) is 12.0 Å². The first kappa shape index (κ1) is 27.1. The third kappa shape index (κ3) is 4.52. The highest BCUT2D eigenvalue weighted by Crippen LogP contribution is 2.45. The van der Waals surface area contributed by atoms with Gasteiger partial charge in [0.2, 0.25) is 5.82 Å². The number of benzene rings is 1. The molecule has 7 rings (SSSR count). The Morgan fingerprint density at radius 2 is 1.81 bits per heavy atom. The monoisotopic (exact) mass is 601 g/mol. The zero-order valence-corrected chi connectivity index (χ0v) is 24.2. The van der Waals surface area contributed by atoms with Crippen LogP contribution >= 0.6 is 0 Å². The van der Waals surface area contributed by atoms with Crippen molar-refractivity contribution in [2.24, 2.45) is 0 Å². The number of aryl methyl sites for hydroxylation is 1. The molecule has 0 radical (unpaired) electrons. The number of anilines is 1. The lowest BCUT2D eigenvalue weighted by Gasteiger charge is -2.38. The van der Waals surface area contributed by atoms with Crippen molar-refractivity contribution < 1.29 is 17.6 Å². The molecular formula is C29H28FN9O3S. The first-order valence-electron chi connectivity index (χ1n) is 13.9. The average Bonchev–Trinajstić information content (AvgIpc) is 3.72. The Labute approximate surface area is 246 Å². The molecule has 2 saturated heterocycles. The van der Waals surface area contributed by atoms with Gasteiger partial charge in [-0.25, -0.2) is 22.8 Å². The largest absolute Gasteiger partial charge is 0.382 e. The Morgan fingerprint density at radius 1 is 1.07 bits per heavy atom. The summed E-state index contributed by atoms with van der Waals surface area (Å²) in [5, 5.41) is 10.8. The van der Waals surface area contributed by atoms with E-state index in [2.05, 4.69) is 25.3 Å². The molecule has 0 aliphatic carbocycles. The number of fused-ring (bicyclic) bond motifs is 3. The Morgan fingerprint density at radius 3 is 2.44 bits per heavy atom. The normalized spacial score (nSPS) is 20.2. The summed E-state index contributed by atoms with van der Waals surface area (Å²) in [5.41, 5.74) is 10.4. The first-order chi connectivity index (χ1) is 20.6. The van der Waals surface area contributed by atoms with Crippen LogP contribution in [-0.4, -0.2) is 72.3 Å². The second-order valence-electron chi connectivity index (χ2n) is 11.3. The van der Waals surface area contributed by atoms with Gasteiger partial charge in [-0.15, -0.1) is 0 Å². The number of nitrogens with one attached hydrogen (secondary N) is 1. The van der Waals surface area contributed by atoms with E-state index in [0.29, 0.717) is 52.1 Å². The number of sulfone groups is 1. The lowest BCUT2D eigenvalue weighted by molar-refractivity contribution is 0.0556. The third-order valence-corrected chi connectivity index (χ3v) is 9.71. The maximum Gasteiger partial charge on any atom is 0.291 e. The number of carbonyl (C=O) groups is 1. The predicted octanol–water partition coefficient (Wildman–Crippen LogP) is 3.56. The number of rotatable bonds is 5. The van der Waals surface area contributed by atoms with Crippen LogP contribution in [0.4, 0.5) is 10.2 Å². The summed E-state index contributed by atoms with van der Waals surface area (Å²) < 4.78 is 41.6. The van der Waals surface area contributed by atoms with Crippen molar-refractivity contribution in [1.82, 2.24) is 39.7 Å². The van der Waals surface area contributed by atoms with Crippen LogP contribution in [0.15, 0.2) is 53.9 Å². The smallest absolute Gasteiger partial charge is 0.291 e. The molecule has 3 N–H and O–H groups in total. The zero-order valence-electron chi connectivity index (χ0n) is 23.4. The molecule has 2 fully saturated rings. The van der Waals surface area contributed by atoms with Gasteiger partial charge in [-0.05, 0) is 50.3 Å². The van der Waals surface area contributed by atoms with Crippen LogP contribution in [0.3, 0.4) is 0 Å². The van der Waals surface area contributed by atoms with Crippen LogP contribution in [0.2, 0.25) is 0 Å². The summed E-state index contributed by atoms with van der Waals surface area (Å²) in [7, 11) is -3.78. The molecule has 12 nitrogen and oxygen atoms in total. The maximum absolute atomic E-state index is 14.1. The molecule has 14 heteroatoms. The third-order valence-electron chi connectivity index (χ3n) is 8.55. The van der Waals surface area contributed by atoms with Crippen LogP contribution in [-0.2, 0) is 9.84 Å². The minimum Gasteiger partial charge on any atom is -0.382 e. The first-order valence-corrected chi connectivity index (χ1v) is 15.8. The number of halogens is 1. The van der Waals surface area contributed by atoms with E-state index in [0.717, 1.165) is 19.1 Å². The molecule has 220 valence electrons. The lowest BCUT2D eigenvalue weighted by Crippen LogP contribution is -2.46. The molecule has 2 unspecified atom stereocenters. The van der Waals surface area contributed by atoms with E-state index in [4.69, 9.17) is 10.7 Å². The van der Waals surface area contributed by atoms with Crippen molar-refractivity contribution in [2.45, 2.75) is 55.5 Å². The topological polar surface area (TPSA) is 165 Å². The van der Waals surface area contributed by atoms with Gasteiger partial charge in [0, 0.05) is 47.1 Å². The van der Waals surface area contributed by atoms with Crippen LogP contribution in [0, 0.1) is 12.7 Å². The molecule has 5 aromatic rings. The molecule has 2 bridgehead atoms. The number of pyridine rings is 1. The van der Waals surface area contributed by atoms with Crippen LogP contribution in [0.25, 0.3) is 28.0 Å². The zero-order chi connectivity index (χ0) is 30.0. The van der Waals surface area contributed by atoms with Gasteiger partial charge in [-0.3, -0.25) is 14.9 Å². The summed E-state index contributed by atoms with van der Waals surface area (Å²) in [6, 6.07) is 8.41. The fourth-order valence-corrected chi connectivity index (χ4v) is 7.58. The minimum absolute atomic E-state index is 0.0130. The maximum atomic E-state index is 14.1. The SMILES string of the molecule is Cc1ccc(-c2ccc(-c3cnn4c(N)c(S(C)(=O)=O)c(C5CC6CC[C@@H](C5)N6C(=O)c5ncn[nH]5)nc34)cn2)cc1F. The number of nitrogens with two attached hydrogens (primary N) is 1. The average molecular weight is 602 g/mol. The number of aromatic amines is 1. The van der Waals surface area contributed by atoms with Gasteiger partial charge < -0.3 is 10.6 Å². The van der Waals surface area contributed by atoms with Gasteiger partial charge in [0.05, 0.1) is 17.6 Å². The van der Waals surface area contributed by atoms with Gasteiger partial charge in [-0.2, -0.15) is 14.7 Å². The quantitative estimate of drug-likeness (QED) is 0.306. The molecule has 6 heterocycles. The minimum atomic E-state index is -3.78. The number of aromatic nitrogens is 7. The molecule has 4 aromatic heterocycles.